The van der Waals surface area contributed by atoms with Crippen LogP contribution in [0.5, 0.6) is 0 Å². The maximum atomic E-state index is 5.43. The van der Waals surface area contributed by atoms with Crippen LogP contribution in [0.15, 0.2) is 176 Å². The molecule has 11 aromatic rings. The number of rotatable bonds is 4. The third-order valence-corrected chi connectivity index (χ3v) is 11.5. The first kappa shape index (κ1) is 29.1. The van der Waals surface area contributed by atoms with Gasteiger partial charge >= 0.3 is 0 Å². The SMILES string of the molecule is c1ccc(-c2cc(-c3ccccc3)nc(-n3c4c(-c5ccc6c(c5)sc5ccccc56)cccc4c4c5ccccc5c5ccccc5c43)n2)cc1. The van der Waals surface area contributed by atoms with E-state index >= 15 is 0 Å². The minimum Gasteiger partial charge on any atom is -0.277 e. The van der Waals surface area contributed by atoms with Gasteiger partial charge in [-0.1, -0.05) is 158 Å². The number of hydrogen-bond acceptors (Lipinski definition) is 3. The number of benzene rings is 8. The fraction of sp³-hybridized carbons (Fsp3) is 0. The van der Waals surface area contributed by atoms with Crippen molar-refractivity contribution in [2.75, 3.05) is 0 Å². The monoisotopic (exact) mass is 679 g/mol. The van der Waals surface area contributed by atoms with Gasteiger partial charge in [0.25, 0.3) is 0 Å². The van der Waals surface area contributed by atoms with E-state index in [2.05, 4.69) is 168 Å². The zero-order chi connectivity index (χ0) is 34.2. The van der Waals surface area contributed by atoms with Crippen molar-refractivity contribution in [2.45, 2.75) is 0 Å². The smallest absolute Gasteiger partial charge is 0.235 e. The van der Waals surface area contributed by atoms with Crippen LogP contribution in [0.1, 0.15) is 0 Å². The lowest BCUT2D eigenvalue weighted by molar-refractivity contribution is 0.998. The fourth-order valence-corrected chi connectivity index (χ4v) is 9.25. The molecule has 3 aromatic heterocycles. The molecule has 3 heterocycles. The summed E-state index contributed by atoms with van der Waals surface area (Å²) in [5.41, 5.74) is 8.40. The van der Waals surface area contributed by atoms with Crippen LogP contribution in [-0.4, -0.2) is 14.5 Å². The second-order valence-electron chi connectivity index (χ2n) is 13.3. The van der Waals surface area contributed by atoms with Gasteiger partial charge in [0.15, 0.2) is 0 Å². The average molecular weight is 680 g/mol. The Kier molecular flexibility index (Phi) is 6.42. The van der Waals surface area contributed by atoms with Gasteiger partial charge in [0, 0.05) is 53.0 Å². The summed E-state index contributed by atoms with van der Waals surface area (Å²) in [5.74, 6) is 0.649. The van der Waals surface area contributed by atoms with E-state index in [4.69, 9.17) is 9.97 Å². The van der Waals surface area contributed by atoms with Crippen molar-refractivity contribution in [3.8, 4) is 39.6 Å². The average Bonchev–Trinajstić information content (AvgIpc) is 3.78. The van der Waals surface area contributed by atoms with Crippen LogP contribution in [0.4, 0.5) is 0 Å². The highest BCUT2D eigenvalue weighted by atomic mass is 32.1. The Hall–Kier alpha value is -6.62. The zero-order valence-electron chi connectivity index (χ0n) is 28.0. The van der Waals surface area contributed by atoms with Gasteiger partial charge in [-0.2, -0.15) is 0 Å². The predicted octanol–water partition coefficient (Wildman–Crippen LogP) is 13.2. The van der Waals surface area contributed by atoms with Crippen LogP contribution in [0.25, 0.3) is 103 Å². The molecule has 0 aliphatic carbocycles. The molecule has 0 bridgehead atoms. The quantitative estimate of drug-likeness (QED) is 0.173. The second kappa shape index (κ2) is 11.5. The number of thiophene rings is 1. The Labute approximate surface area is 303 Å². The summed E-state index contributed by atoms with van der Waals surface area (Å²) < 4.78 is 4.94. The highest BCUT2D eigenvalue weighted by Crippen LogP contribution is 2.46. The van der Waals surface area contributed by atoms with Crippen molar-refractivity contribution in [1.82, 2.24) is 14.5 Å². The van der Waals surface area contributed by atoms with E-state index in [-0.39, 0.29) is 0 Å². The molecule has 0 atom stereocenters. The second-order valence-corrected chi connectivity index (χ2v) is 14.4. The lowest BCUT2D eigenvalue weighted by Crippen LogP contribution is -2.05. The minimum absolute atomic E-state index is 0.649. The van der Waals surface area contributed by atoms with Gasteiger partial charge in [0.05, 0.1) is 22.4 Å². The van der Waals surface area contributed by atoms with E-state index in [0.717, 1.165) is 39.1 Å². The van der Waals surface area contributed by atoms with E-state index in [9.17, 15) is 0 Å². The summed E-state index contributed by atoms with van der Waals surface area (Å²) in [5, 5.41) is 9.84. The summed E-state index contributed by atoms with van der Waals surface area (Å²) in [6.07, 6.45) is 0. The molecular formula is C48H29N3S. The van der Waals surface area contributed by atoms with Crippen LogP contribution in [0.2, 0.25) is 0 Å². The molecule has 3 nitrogen and oxygen atoms in total. The Balaban J connectivity index is 1.32. The molecule has 242 valence electrons. The molecule has 0 saturated carbocycles. The molecule has 0 aliphatic rings. The van der Waals surface area contributed by atoms with Gasteiger partial charge in [-0.15, -0.1) is 11.3 Å². The third-order valence-electron chi connectivity index (χ3n) is 10.4. The Morgan fingerprint density at radius 1 is 0.365 bits per heavy atom. The Morgan fingerprint density at radius 3 is 1.63 bits per heavy atom. The molecule has 0 saturated heterocycles. The van der Waals surface area contributed by atoms with Gasteiger partial charge < -0.3 is 0 Å². The molecule has 0 amide bonds. The zero-order valence-corrected chi connectivity index (χ0v) is 28.8. The van der Waals surface area contributed by atoms with Crippen LogP contribution in [-0.2, 0) is 0 Å². The molecule has 52 heavy (non-hydrogen) atoms. The van der Waals surface area contributed by atoms with Crippen LogP contribution in [0.3, 0.4) is 0 Å². The number of hydrogen-bond donors (Lipinski definition) is 0. The topological polar surface area (TPSA) is 30.7 Å². The van der Waals surface area contributed by atoms with Gasteiger partial charge in [-0.25, -0.2) is 9.97 Å². The molecule has 11 rings (SSSR count). The highest BCUT2D eigenvalue weighted by Gasteiger charge is 2.24. The highest BCUT2D eigenvalue weighted by molar-refractivity contribution is 7.25. The first-order chi connectivity index (χ1) is 25.8. The van der Waals surface area contributed by atoms with Gasteiger partial charge in [-0.05, 0) is 39.9 Å². The van der Waals surface area contributed by atoms with Gasteiger partial charge in [0.2, 0.25) is 5.95 Å². The standard InChI is InChI=1S/C48H29N3S/c1-3-14-30(15-4-1)41-29-42(31-16-5-2-6-17-31)50-48(49-41)51-46-33(32-26-27-37-36-20-11-12-25-43(36)52-44(37)28-32)23-13-24-40(46)45-38-21-9-7-18-34(38)35-19-8-10-22-39(35)47(45)51/h1-29H. The van der Waals surface area contributed by atoms with Crippen molar-refractivity contribution < 1.29 is 0 Å². The predicted molar refractivity (Wildman–Crippen MR) is 221 cm³/mol. The third kappa shape index (κ3) is 4.38. The van der Waals surface area contributed by atoms with E-state index < -0.39 is 0 Å². The summed E-state index contributed by atoms with van der Waals surface area (Å²) in [4.78, 5) is 10.9. The Morgan fingerprint density at radius 2 is 0.923 bits per heavy atom. The lowest BCUT2D eigenvalue weighted by atomic mass is 9.96. The number of aromatic nitrogens is 3. The van der Waals surface area contributed by atoms with Crippen LogP contribution in [0, 0.1) is 0 Å². The summed E-state index contributed by atoms with van der Waals surface area (Å²) in [6.45, 7) is 0. The first-order valence-electron chi connectivity index (χ1n) is 17.6. The molecule has 0 fully saturated rings. The lowest BCUT2D eigenvalue weighted by Gasteiger charge is -2.15. The number of para-hydroxylation sites is 1. The fourth-order valence-electron chi connectivity index (χ4n) is 8.10. The van der Waals surface area contributed by atoms with E-state index in [1.165, 1.54) is 58.1 Å². The van der Waals surface area contributed by atoms with Crippen molar-refractivity contribution in [3.63, 3.8) is 0 Å². The normalized spacial score (nSPS) is 11.8. The number of fused-ring (bicyclic) bond motifs is 11. The van der Waals surface area contributed by atoms with Crippen molar-refractivity contribution in [2.24, 2.45) is 0 Å². The van der Waals surface area contributed by atoms with E-state index in [1.54, 1.807) is 0 Å². The summed E-state index contributed by atoms with van der Waals surface area (Å²) >= 11 is 1.85. The van der Waals surface area contributed by atoms with E-state index in [1.807, 2.05) is 23.5 Å². The van der Waals surface area contributed by atoms with Gasteiger partial charge in [0.1, 0.15) is 0 Å². The molecule has 0 radical (unpaired) electrons. The molecule has 0 N–H and O–H groups in total. The summed E-state index contributed by atoms with van der Waals surface area (Å²) in [7, 11) is 0. The molecular weight excluding hydrogens is 651 g/mol. The van der Waals surface area contributed by atoms with E-state index in [0.29, 0.717) is 5.95 Å². The van der Waals surface area contributed by atoms with Gasteiger partial charge in [-0.3, -0.25) is 4.57 Å². The molecule has 8 aromatic carbocycles. The number of nitrogens with zero attached hydrogens (tertiary/aromatic N) is 3. The maximum Gasteiger partial charge on any atom is 0.235 e. The largest absolute Gasteiger partial charge is 0.277 e. The van der Waals surface area contributed by atoms with Crippen molar-refractivity contribution in [3.05, 3.63) is 176 Å². The van der Waals surface area contributed by atoms with Crippen LogP contribution >= 0.6 is 11.3 Å². The first-order valence-corrected chi connectivity index (χ1v) is 18.4. The Bertz CT molecular complexity index is 3120. The molecule has 0 unspecified atom stereocenters. The van der Waals surface area contributed by atoms with Crippen molar-refractivity contribution >= 4 is 74.9 Å². The van der Waals surface area contributed by atoms with Crippen molar-refractivity contribution in [1.29, 1.82) is 0 Å². The maximum absolute atomic E-state index is 5.43. The van der Waals surface area contributed by atoms with Crippen LogP contribution < -0.4 is 0 Å². The molecule has 0 aliphatic heterocycles. The molecule has 0 spiro atoms. The minimum atomic E-state index is 0.649. The molecule has 4 heteroatoms. The summed E-state index contributed by atoms with van der Waals surface area (Å²) in [6, 6.07) is 63.0.